The summed E-state index contributed by atoms with van der Waals surface area (Å²) in [6, 6.07) is 5.86. The number of carbonyl (C=O) groups excluding carboxylic acids is 1. The van der Waals surface area contributed by atoms with Crippen molar-refractivity contribution in [3.8, 4) is 5.75 Å². The van der Waals surface area contributed by atoms with Crippen molar-refractivity contribution < 1.29 is 9.53 Å². The molecule has 0 atom stereocenters. The smallest absolute Gasteiger partial charge is 0.237 e. The van der Waals surface area contributed by atoms with Gasteiger partial charge in [-0.2, -0.15) is 0 Å². The van der Waals surface area contributed by atoms with Crippen LogP contribution in [0.5, 0.6) is 5.75 Å². The number of amides is 1. The lowest BCUT2D eigenvalue weighted by atomic mass is 9.96. The van der Waals surface area contributed by atoms with Crippen molar-refractivity contribution in [1.29, 1.82) is 0 Å². The number of anilines is 1. The second-order valence-corrected chi connectivity index (χ2v) is 8.30. The minimum atomic E-state index is -0.199. The van der Waals surface area contributed by atoms with Gasteiger partial charge in [-0.25, -0.2) is 4.68 Å². The molecule has 0 saturated carbocycles. The van der Waals surface area contributed by atoms with Crippen LogP contribution < -0.4 is 15.5 Å². The number of nitrogens with zero attached hydrogens (tertiary/aromatic N) is 4. The Morgan fingerprint density at radius 2 is 2.12 bits per heavy atom. The van der Waals surface area contributed by atoms with Crippen molar-refractivity contribution in [2.24, 2.45) is 0 Å². The fourth-order valence-corrected chi connectivity index (χ4v) is 3.78. The molecule has 2 heterocycles. The summed E-state index contributed by atoms with van der Waals surface area (Å²) in [4.78, 5) is 14.6. The second kappa shape index (κ2) is 7.19. The summed E-state index contributed by atoms with van der Waals surface area (Å²) in [7, 11) is 1.65. The molecule has 0 fully saturated rings. The van der Waals surface area contributed by atoms with Crippen LogP contribution in [0.25, 0.3) is 0 Å². The number of carbonyl (C=O) groups is 1. The quantitative estimate of drug-likeness (QED) is 0.652. The van der Waals surface area contributed by atoms with Gasteiger partial charge >= 0.3 is 0 Å². The molecule has 8 heteroatoms. The predicted molar refractivity (Wildman–Crippen MR) is 103 cm³/mol. The van der Waals surface area contributed by atoms with E-state index in [1.54, 1.807) is 7.11 Å². The van der Waals surface area contributed by atoms with Gasteiger partial charge in [-0.1, -0.05) is 32.5 Å². The zero-order valence-electron chi connectivity index (χ0n) is 15.7. The number of benzene rings is 1. The highest BCUT2D eigenvalue weighted by atomic mass is 32.2. The average molecular weight is 375 g/mol. The van der Waals surface area contributed by atoms with Gasteiger partial charge in [0.25, 0.3) is 0 Å². The van der Waals surface area contributed by atoms with Crippen molar-refractivity contribution in [3.63, 3.8) is 0 Å². The summed E-state index contributed by atoms with van der Waals surface area (Å²) in [6.07, 6.45) is 1.90. The average Bonchev–Trinajstić information content (AvgIpc) is 2.99. The van der Waals surface area contributed by atoms with Crippen molar-refractivity contribution in [1.82, 2.24) is 14.9 Å². The van der Waals surface area contributed by atoms with Crippen molar-refractivity contribution >= 4 is 23.4 Å². The first-order chi connectivity index (χ1) is 12.3. The van der Waals surface area contributed by atoms with E-state index in [9.17, 15) is 4.79 Å². The van der Waals surface area contributed by atoms with Gasteiger partial charge in [-0.3, -0.25) is 4.79 Å². The van der Waals surface area contributed by atoms with Crippen LogP contribution in [0.15, 0.2) is 23.4 Å². The Morgan fingerprint density at radius 1 is 1.35 bits per heavy atom. The van der Waals surface area contributed by atoms with Gasteiger partial charge in [-0.05, 0) is 36.6 Å². The van der Waals surface area contributed by atoms with E-state index in [4.69, 9.17) is 10.6 Å². The highest BCUT2D eigenvalue weighted by Crippen LogP contribution is 2.31. The summed E-state index contributed by atoms with van der Waals surface area (Å²) in [5.74, 6) is 7.92. The Bertz CT molecular complexity index is 812. The van der Waals surface area contributed by atoms with E-state index in [1.165, 1.54) is 16.4 Å². The third-order valence-electron chi connectivity index (χ3n) is 4.37. The molecule has 1 aliphatic rings. The SMILES string of the molecule is COc1ccc2c(c1)CCCN2C(=O)CSc1nnc(C(C)(C)C)n1N. The van der Waals surface area contributed by atoms with Gasteiger partial charge in [0.2, 0.25) is 11.1 Å². The van der Waals surface area contributed by atoms with Gasteiger partial charge in [0.05, 0.1) is 12.9 Å². The molecule has 0 unspecified atom stereocenters. The molecule has 1 amide bonds. The van der Waals surface area contributed by atoms with E-state index in [0.717, 1.165) is 36.4 Å². The topological polar surface area (TPSA) is 86.3 Å². The number of aromatic nitrogens is 3. The highest BCUT2D eigenvalue weighted by molar-refractivity contribution is 7.99. The van der Waals surface area contributed by atoms with Gasteiger partial charge < -0.3 is 15.5 Å². The standard InChI is InChI=1S/C18H25N5O2S/c1-18(2,3)16-20-21-17(23(16)19)26-11-15(24)22-9-5-6-12-10-13(25-4)7-8-14(12)22/h7-8,10H,5-6,9,11,19H2,1-4H3. The number of aryl methyl sites for hydroxylation is 1. The van der Waals surface area contributed by atoms with E-state index >= 15 is 0 Å². The number of ether oxygens (including phenoxy) is 1. The fraction of sp³-hybridized carbons (Fsp3) is 0.500. The minimum absolute atomic E-state index is 0.0430. The number of nitrogens with two attached hydrogens (primary N) is 1. The molecule has 2 N–H and O–H groups in total. The third kappa shape index (κ3) is 3.65. The Labute approximate surface area is 157 Å². The normalized spacial score (nSPS) is 14.2. The maximum absolute atomic E-state index is 12.8. The summed E-state index contributed by atoms with van der Waals surface area (Å²) in [5.41, 5.74) is 1.91. The molecule has 0 aliphatic carbocycles. The van der Waals surface area contributed by atoms with Crippen molar-refractivity contribution in [3.05, 3.63) is 29.6 Å². The molecule has 140 valence electrons. The van der Waals surface area contributed by atoms with E-state index in [0.29, 0.717) is 11.0 Å². The number of methoxy groups -OCH3 is 1. The second-order valence-electron chi connectivity index (χ2n) is 7.36. The summed E-state index contributed by atoms with van der Waals surface area (Å²) >= 11 is 1.32. The monoisotopic (exact) mass is 375 g/mol. The van der Waals surface area contributed by atoms with Gasteiger partial charge in [0.1, 0.15) is 5.75 Å². The van der Waals surface area contributed by atoms with Crippen LogP contribution in [0, 0.1) is 0 Å². The third-order valence-corrected chi connectivity index (χ3v) is 5.29. The fourth-order valence-electron chi connectivity index (χ4n) is 3.05. The van der Waals surface area contributed by atoms with Gasteiger partial charge in [0.15, 0.2) is 5.82 Å². The summed E-state index contributed by atoms with van der Waals surface area (Å²) < 4.78 is 6.76. The zero-order chi connectivity index (χ0) is 18.9. The van der Waals surface area contributed by atoms with Crippen molar-refractivity contribution in [2.45, 2.75) is 44.2 Å². The van der Waals surface area contributed by atoms with Crippen LogP contribution in [0.4, 0.5) is 5.69 Å². The lowest BCUT2D eigenvalue weighted by molar-refractivity contribution is -0.116. The summed E-state index contributed by atoms with van der Waals surface area (Å²) in [6.45, 7) is 6.80. The predicted octanol–water partition coefficient (Wildman–Crippen LogP) is 2.37. The molecule has 7 nitrogen and oxygen atoms in total. The molecule has 0 bridgehead atoms. The molecule has 3 rings (SSSR count). The van der Waals surface area contributed by atoms with Crippen LogP contribution in [0.2, 0.25) is 0 Å². The molecule has 0 radical (unpaired) electrons. The largest absolute Gasteiger partial charge is 0.497 e. The maximum atomic E-state index is 12.8. The molecular formula is C18H25N5O2S. The van der Waals surface area contributed by atoms with Crippen molar-refractivity contribution in [2.75, 3.05) is 30.1 Å². The van der Waals surface area contributed by atoms with E-state index < -0.39 is 0 Å². The van der Waals surface area contributed by atoms with E-state index in [1.807, 2.05) is 43.9 Å². The Balaban J connectivity index is 1.72. The number of nitrogen functional groups attached to an aromatic ring is 1. The van der Waals surface area contributed by atoms with Crippen LogP contribution in [0.3, 0.4) is 0 Å². The van der Waals surface area contributed by atoms with Gasteiger partial charge in [-0.15, -0.1) is 10.2 Å². The first-order valence-electron chi connectivity index (χ1n) is 8.62. The van der Waals surface area contributed by atoms with Crippen LogP contribution in [-0.4, -0.2) is 40.2 Å². The number of hydrogen-bond acceptors (Lipinski definition) is 6. The van der Waals surface area contributed by atoms with E-state index in [-0.39, 0.29) is 17.1 Å². The first-order valence-corrected chi connectivity index (χ1v) is 9.61. The number of rotatable bonds is 4. The molecular weight excluding hydrogens is 350 g/mol. The lowest BCUT2D eigenvalue weighted by Gasteiger charge is -2.29. The minimum Gasteiger partial charge on any atom is -0.497 e. The lowest BCUT2D eigenvalue weighted by Crippen LogP contribution is -2.36. The van der Waals surface area contributed by atoms with E-state index in [2.05, 4.69) is 10.2 Å². The summed E-state index contributed by atoms with van der Waals surface area (Å²) in [5, 5.41) is 8.84. The Morgan fingerprint density at radius 3 is 2.77 bits per heavy atom. The Hall–Kier alpha value is -2.22. The molecule has 26 heavy (non-hydrogen) atoms. The first kappa shape index (κ1) is 18.6. The van der Waals surface area contributed by atoms with Crippen LogP contribution >= 0.6 is 11.8 Å². The number of hydrogen-bond donors (Lipinski definition) is 1. The number of thioether (sulfide) groups is 1. The Kier molecular flexibility index (Phi) is 5.13. The molecule has 0 saturated heterocycles. The van der Waals surface area contributed by atoms with Crippen LogP contribution in [0.1, 0.15) is 38.6 Å². The molecule has 1 aliphatic heterocycles. The number of fused-ring (bicyclic) bond motifs is 1. The maximum Gasteiger partial charge on any atom is 0.237 e. The van der Waals surface area contributed by atoms with Crippen LogP contribution in [-0.2, 0) is 16.6 Å². The molecule has 1 aromatic heterocycles. The molecule has 1 aromatic carbocycles. The molecule has 0 spiro atoms. The zero-order valence-corrected chi connectivity index (χ0v) is 16.5. The highest BCUT2D eigenvalue weighted by Gasteiger charge is 2.26. The van der Waals surface area contributed by atoms with Gasteiger partial charge in [0, 0.05) is 17.6 Å². The molecule has 2 aromatic rings.